The van der Waals surface area contributed by atoms with Crippen molar-refractivity contribution < 1.29 is 32.2 Å². The van der Waals surface area contributed by atoms with E-state index in [0.717, 1.165) is 23.8 Å². The standard InChI is InChI=1S/C18H13F4NO3/c1-26-14-7-11-13(8-12(14)19)23(9-10-5-3-2-4-6-10)16(18(20,21)22)15(11)17(24)25/h2-8H,9H2,1H3,(H,24,25). The molecule has 26 heavy (non-hydrogen) atoms. The van der Waals surface area contributed by atoms with Gasteiger partial charge in [-0.2, -0.15) is 13.2 Å². The molecule has 8 heteroatoms. The number of alkyl halides is 3. The van der Waals surface area contributed by atoms with Gasteiger partial charge < -0.3 is 14.4 Å². The number of carbonyl (C=O) groups is 1. The lowest BCUT2D eigenvalue weighted by Crippen LogP contribution is -2.18. The van der Waals surface area contributed by atoms with Crippen LogP contribution in [0.15, 0.2) is 42.5 Å². The van der Waals surface area contributed by atoms with E-state index in [1.807, 2.05) is 0 Å². The van der Waals surface area contributed by atoms with Gasteiger partial charge in [0.2, 0.25) is 0 Å². The molecule has 0 radical (unpaired) electrons. The topological polar surface area (TPSA) is 51.5 Å². The van der Waals surface area contributed by atoms with Crippen LogP contribution in [-0.4, -0.2) is 22.8 Å². The zero-order chi connectivity index (χ0) is 19.1. The highest BCUT2D eigenvalue weighted by Crippen LogP contribution is 2.40. The number of halogens is 4. The maximum absolute atomic E-state index is 14.1. The molecule has 1 aromatic heterocycles. The lowest BCUT2D eigenvalue weighted by atomic mass is 10.1. The molecule has 0 unspecified atom stereocenters. The van der Waals surface area contributed by atoms with Crippen LogP contribution in [0.3, 0.4) is 0 Å². The minimum atomic E-state index is -4.94. The van der Waals surface area contributed by atoms with Crippen LogP contribution < -0.4 is 4.74 Å². The first-order valence-corrected chi connectivity index (χ1v) is 7.48. The molecule has 0 spiro atoms. The van der Waals surface area contributed by atoms with Crippen molar-refractivity contribution in [2.75, 3.05) is 7.11 Å². The maximum Gasteiger partial charge on any atom is 0.432 e. The van der Waals surface area contributed by atoms with Crippen molar-refractivity contribution in [1.29, 1.82) is 0 Å². The number of carboxylic acids is 1. The second-order valence-electron chi connectivity index (χ2n) is 5.60. The van der Waals surface area contributed by atoms with Crippen molar-refractivity contribution in [1.82, 2.24) is 4.57 Å². The van der Waals surface area contributed by atoms with Gasteiger partial charge in [0.05, 0.1) is 18.2 Å². The number of fused-ring (bicyclic) bond motifs is 1. The third-order valence-corrected chi connectivity index (χ3v) is 4.00. The van der Waals surface area contributed by atoms with Crippen molar-refractivity contribution in [2.24, 2.45) is 0 Å². The number of methoxy groups -OCH3 is 1. The second-order valence-corrected chi connectivity index (χ2v) is 5.60. The molecule has 4 nitrogen and oxygen atoms in total. The SMILES string of the molecule is COc1cc2c(C(=O)O)c(C(F)(F)F)n(Cc3ccccc3)c2cc1F. The zero-order valence-electron chi connectivity index (χ0n) is 13.5. The van der Waals surface area contributed by atoms with E-state index in [0.29, 0.717) is 5.56 Å². The molecule has 3 rings (SSSR count). The molecule has 0 fully saturated rings. The van der Waals surface area contributed by atoms with Gasteiger partial charge in [0.1, 0.15) is 5.69 Å². The summed E-state index contributed by atoms with van der Waals surface area (Å²) < 4.78 is 60.7. The first kappa shape index (κ1) is 17.8. The summed E-state index contributed by atoms with van der Waals surface area (Å²) in [7, 11) is 1.15. The summed E-state index contributed by atoms with van der Waals surface area (Å²) in [4.78, 5) is 11.6. The minimum Gasteiger partial charge on any atom is -0.494 e. The van der Waals surface area contributed by atoms with Crippen LogP contribution in [0.25, 0.3) is 10.9 Å². The van der Waals surface area contributed by atoms with Crippen molar-refractivity contribution in [2.45, 2.75) is 12.7 Å². The van der Waals surface area contributed by atoms with Crippen LogP contribution in [0.4, 0.5) is 17.6 Å². The van der Waals surface area contributed by atoms with Gasteiger partial charge in [-0.1, -0.05) is 30.3 Å². The molecule has 1 N–H and O–H groups in total. The van der Waals surface area contributed by atoms with Gasteiger partial charge >= 0.3 is 12.1 Å². The molecule has 0 aliphatic rings. The molecule has 2 aromatic carbocycles. The molecule has 0 saturated carbocycles. The Morgan fingerprint density at radius 3 is 2.38 bits per heavy atom. The third kappa shape index (κ3) is 2.98. The van der Waals surface area contributed by atoms with Crippen molar-refractivity contribution >= 4 is 16.9 Å². The maximum atomic E-state index is 14.1. The van der Waals surface area contributed by atoms with Crippen molar-refractivity contribution in [3.05, 3.63) is 65.1 Å². The Hall–Kier alpha value is -3.03. The Balaban J connectivity index is 2.40. The highest BCUT2D eigenvalue weighted by atomic mass is 19.4. The number of carboxylic acid groups (broad SMARTS) is 1. The first-order valence-electron chi connectivity index (χ1n) is 7.48. The lowest BCUT2D eigenvalue weighted by Gasteiger charge is -2.14. The van der Waals surface area contributed by atoms with Gasteiger partial charge in [0.15, 0.2) is 11.6 Å². The summed E-state index contributed by atoms with van der Waals surface area (Å²) in [5.74, 6) is -2.95. The predicted octanol–water partition coefficient (Wildman–Crippen LogP) is 4.55. The van der Waals surface area contributed by atoms with Gasteiger partial charge in [-0.25, -0.2) is 9.18 Å². The van der Waals surface area contributed by atoms with Crippen LogP contribution in [0.2, 0.25) is 0 Å². The van der Waals surface area contributed by atoms with Gasteiger partial charge in [-0.3, -0.25) is 0 Å². The van der Waals surface area contributed by atoms with Crippen LogP contribution in [-0.2, 0) is 12.7 Å². The van der Waals surface area contributed by atoms with Crippen molar-refractivity contribution in [3.8, 4) is 5.75 Å². The monoisotopic (exact) mass is 367 g/mol. The van der Waals surface area contributed by atoms with Crippen molar-refractivity contribution in [3.63, 3.8) is 0 Å². The van der Waals surface area contributed by atoms with Crippen LogP contribution in [0, 0.1) is 5.82 Å². The third-order valence-electron chi connectivity index (χ3n) is 4.00. The van der Waals surface area contributed by atoms with E-state index in [9.17, 15) is 27.5 Å². The second kappa shape index (κ2) is 6.36. The van der Waals surface area contributed by atoms with E-state index in [1.54, 1.807) is 30.3 Å². The average molecular weight is 367 g/mol. The molecule has 136 valence electrons. The fourth-order valence-corrected chi connectivity index (χ4v) is 2.95. The van der Waals surface area contributed by atoms with Gasteiger partial charge in [0, 0.05) is 18.0 Å². The number of aromatic carboxylic acids is 1. The number of nitrogens with zero attached hydrogens (tertiary/aromatic N) is 1. The Kier molecular flexibility index (Phi) is 4.35. The number of ether oxygens (including phenoxy) is 1. The zero-order valence-corrected chi connectivity index (χ0v) is 13.5. The Labute approximate surface area is 145 Å². The van der Waals surface area contributed by atoms with Crippen LogP contribution >= 0.6 is 0 Å². The van der Waals surface area contributed by atoms with Gasteiger partial charge in [0.25, 0.3) is 0 Å². The number of aromatic nitrogens is 1. The number of hydrogen-bond donors (Lipinski definition) is 1. The van der Waals surface area contributed by atoms with E-state index in [-0.39, 0.29) is 23.2 Å². The highest BCUT2D eigenvalue weighted by Gasteiger charge is 2.41. The normalized spacial score (nSPS) is 11.7. The van der Waals surface area contributed by atoms with Crippen LogP contribution in [0.5, 0.6) is 5.75 Å². The molecule has 1 heterocycles. The average Bonchev–Trinajstić information content (AvgIpc) is 2.89. The summed E-state index contributed by atoms with van der Waals surface area (Å²) in [5, 5.41) is 9.15. The first-order chi connectivity index (χ1) is 12.2. The van der Waals surface area contributed by atoms with E-state index in [2.05, 4.69) is 0 Å². The lowest BCUT2D eigenvalue weighted by molar-refractivity contribution is -0.143. The fourth-order valence-electron chi connectivity index (χ4n) is 2.95. The van der Waals surface area contributed by atoms with E-state index >= 15 is 0 Å². The minimum absolute atomic E-state index is 0.170. The summed E-state index contributed by atoms with van der Waals surface area (Å²) in [6, 6.07) is 10.0. The molecule has 0 aliphatic heterocycles. The molecule has 3 aromatic rings. The molecule has 0 saturated heterocycles. The van der Waals surface area contributed by atoms with E-state index in [1.165, 1.54) is 0 Å². The number of benzene rings is 2. The Morgan fingerprint density at radius 2 is 1.85 bits per heavy atom. The number of hydrogen-bond acceptors (Lipinski definition) is 2. The molecule has 0 atom stereocenters. The summed E-state index contributed by atoms with van der Waals surface area (Å²) in [5.41, 5.74) is -1.92. The molecule has 0 amide bonds. The Morgan fingerprint density at radius 1 is 1.19 bits per heavy atom. The predicted molar refractivity (Wildman–Crippen MR) is 86.0 cm³/mol. The highest BCUT2D eigenvalue weighted by molar-refractivity contribution is 6.05. The Bertz CT molecular complexity index is 978. The summed E-state index contributed by atoms with van der Waals surface area (Å²) in [6.45, 7) is -0.259. The summed E-state index contributed by atoms with van der Waals surface area (Å²) >= 11 is 0. The molecular weight excluding hydrogens is 354 g/mol. The largest absolute Gasteiger partial charge is 0.494 e. The fraction of sp³-hybridized carbons (Fsp3) is 0.167. The smallest absolute Gasteiger partial charge is 0.432 e. The van der Waals surface area contributed by atoms with E-state index < -0.39 is 29.2 Å². The molecule has 0 aliphatic carbocycles. The summed E-state index contributed by atoms with van der Waals surface area (Å²) in [6.07, 6.45) is -4.94. The quantitative estimate of drug-likeness (QED) is 0.688. The molecular formula is C18H13F4NO3. The number of rotatable bonds is 4. The van der Waals surface area contributed by atoms with Crippen LogP contribution in [0.1, 0.15) is 21.6 Å². The molecule has 0 bridgehead atoms. The van der Waals surface area contributed by atoms with Gasteiger partial charge in [-0.15, -0.1) is 0 Å². The van der Waals surface area contributed by atoms with E-state index in [4.69, 9.17) is 4.74 Å². The van der Waals surface area contributed by atoms with Gasteiger partial charge in [-0.05, 0) is 11.6 Å².